The Morgan fingerprint density at radius 3 is 2.75 bits per heavy atom. The number of nitrogen functional groups attached to an aromatic ring is 1. The number of carbonyl (C=O) groups excluding carboxylic acids is 1. The van der Waals surface area contributed by atoms with Gasteiger partial charge in [0, 0.05) is 5.69 Å². The van der Waals surface area contributed by atoms with Crippen LogP contribution in [0, 0.1) is 20.8 Å². The van der Waals surface area contributed by atoms with E-state index < -0.39 is 0 Å². The normalized spacial score (nSPS) is 10.6. The predicted molar refractivity (Wildman–Crippen MR) is 78.4 cm³/mol. The second-order valence-electron chi connectivity index (χ2n) is 4.57. The van der Waals surface area contributed by atoms with Crippen molar-refractivity contribution in [1.29, 1.82) is 0 Å². The minimum atomic E-state index is -0.341. The molecule has 0 fully saturated rings. The molecular formula is C14H17N3O2S. The number of nitrogens with two attached hydrogens (primary N) is 1. The Morgan fingerprint density at radius 1 is 1.35 bits per heavy atom. The van der Waals surface area contributed by atoms with Crippen molar-refractivity contribution >= 4 is 17.7 Å². The smallest absolute Gasteiger partial charge is 0.268 e. The Labute approximate surface area is 121 Å². The van der Waals surface area contributed by atoms with Crippen molar-refractivity contribution in [1.82, 2.24) is 10.4 Å². The maximum Gasteiger partial charge on any atom is 0.268 e. The van der Waals surface area contributed by atoms with Crippen molar-refractivity contribution in [3.63, 3.8) is 0 Å². The highest BCUT2D eigenvalue weighted by atomic mass is 32.2. The Balaban J connectivity index is 2.09. The van der Waals surface area contributed by atoms with Crippen LogP contribution in [0.15, 0.2) is 27.6 Å². The molecule has 1 amide bonds. The zero-order valence-corrected chi connectivity index (χ0v) is 12.5. The number of hydrogen-bond donors (Lipinski definition) is 2. The van der Waals surface area contributed by atoms with Crippen molar-refractivity contribution < 1.29 is 9.21 Å². The third-order valence-electron chi connectivity index (χ3n) is 2.78. The first-order valence-electron chi connectivity index (χ1n) is 6.18. The van der Waals surface area contributed by atoms with Gasteiger partial charge in [0.05, 0.1) is 16.3 Å². The molecule has 0 aliphatic rings. The lowest BCUT2D eigenvalue weighted by atomic mass is 10.2. The first kappa shape index (κ1) is 14.6. The summed E-state index contributed by atoms with van der Waals surface area (Å²) in [5.41, 5.74) is 4.75. The SMILES string of the molecule is Cc1cc(C)nc(SCc2cc(C(=O)NN)c(C)o2)c1. The number of carbonyl (C=O) groups is 1. The van der Waals surface area contributed by atoms with Gasteiger partial charge in [0.15, 0.2) is 0 Å². The van der Waals surface area contributed by atoms with Crippen LogP contribution < -0.4 is 11.3 Å². The highest BCUT2D eigenvalue weighted by Crippen LogP contribution is 2.25. The molecule has 3 N–H and O–H groups in total. The maximum atomic E-state index is 11.5. The maximum absolute atomic E-state index is 11.5. The molecule has 106 valence electrons. The van der Waals surface area contributed by atoms with Crippen LogP contribution in [0.1, 0.15) is 33.1 Å². The van der Waals surface area contributed by atoms with Gasteiger partial charge in [-0.2, -0.15) is 0 Å². The summed E-state index contributed by atoms with van der Waals surface area (Å²) >= 11 is 1.58. The average Bonchev–Trinajstić information content (AvgIpc) is 2.76. The molecular weight excluding hydrogens is 274 g/mol. The summed E-state index contributed by atoms with van der Waals surface area (Å²) in [4.78, 5) is 15.9. The summed E-state index contributed by atoms with van der Waals surface area (Å²) in [5, 5.41) is 0.946. The summed E-state index contributed by atoms with van der Waals surface area (Å²) in [6.07, 6.45) is 0. The van der Waals surface area contributed by atoms with Gasteiger partial charge in [0.1, 0.15) is 11.5 Å². The number of hydrogen-bond acceptors (Lipinski definition) is 5. The van der Waals surface area contributed by atoms with Gasteiger partial charge in [-0.3, -0.25) is 10.2 Å². The molecule has 0 saturated heterocycles. The Bertz CT molecular complexity index is 617. The van der Waals surface area contributed by atoms with E-state index in [1.165, 1.54) is 5.56 Å². The summed E-state index contributed by atoms with van der Waals surface area (Å²) in [6, 6.07) is 5.78. The third-order valence-corrected chi connectivity index (χ3v) is 3.71. The largest absolute Gasteiger partial charge is 0.465 e. The molecule has 0 unspecified atom stereocenters. The molecule has 0 atom stereocenters. The molecule has 2 heterocycles. The van der Waals surface area contributed by atoms with Gasteiger partial charge < -0.3 is 4.42 Å². The number of nitrogens with one attached hydrogen (secondary N) is 1. The quantitative estimate of drug-likeness (QED) is 0.391. The van der Waals surface area contributed by atoms with Crippen molar-refractivity contribution in [2.45, 2.75) is 31.6 Å². The molecule has 5 nitrogen and oxygen atoms in total. The zero-order valence-electron chi connectivity index (χ0n) is 11.7. The number of hydrazine groups is 1. The number of pyridine rings is 1. The Hall–Kier alpha value is -1.79. The molecule has 0 aliphatic heterocycles. The minimum absolute atomic E-state index is 0.341. The van der Waals surface area contributed by atoms with E-state index in [-0.39, 0.29) is 5.91 Å². The Morgan fingerprint density at radius 2 is 2.10 bits per heavy atom. The van der Waals surface area contributed by atoms with Crippen LogP contribution in [-0.4, -0.2) is 10.9 Å². The van der Waals surface area contributed by atoms with Gasteiger partial charge in [-0.1, -0.05) is 11.8 Å². The molecule has 0 aromatic carbocycles. The third kappa shape index (κ3) is 3.40. The van der Waals surface area contributed by atoms with E-state index in [2.05, 4.69) is 10.4 Å². The second kappa shape index (κ2) is 6.11. The van der Waals surface area contributed by atoms with E-state index >= 15 is 0 Å². The molecule has 0 bridgehead atoms. The standard InChI is InChI=1S/C14H17N3O2S/c1-8-4-9(2)16-13(5-8)20-7-11-6-12(10(3)19-11)14(18)17-15/h4-6H,7,15H2,1-3H3,(H,17,18). The van der Waals surface area contributed by atoms with Gasteiger partial charge in [0.25, 0.3) is 5.91 Å². The first-order chi connectivity index (χ1) is 9.49. The lowest BCUT2D eigenvalue weighted by molar-refractivity contribution is 0.0952. The molecule has 2 aromatic heterocycles. The number of amides is 1. The first-order valence-corrected chi connectivity index (χ1v) is 7.16. The van der Waals surface area contributed by atoms with E-state index in [1.54, 1.807) is 24.8 Å². The van der Waals surface area contributed by atoms with E-state index in [4.69, 9.17) is 10.3 Å². The number of nitrogens with zero attached hydrogens (tertiary/aromatic N) is 1. The van der Waals surface area contributed by atoms with E-state index in [0.717, 1.165) is 16.5 Å². The van der Waals surface area contributed by atoms with Crippen LogP contribution in [0.4, 0.5) is 0 Å². The van der Waals surface area contributed by atoms with Crippen molar-refractivity contribution in [3.05, 3.63) is 46.5 Å². The van der Waals surface area contributed by atoms with Gasteiger partial charge in [0.2, 0.25) is 0 Å². The summed E-state index contributed by atoms with van der Waals surface area (Å²) < 4.78 is 5.55. The predicted octanol–water partition coefficient (Wildman–Crippen LogP) is 2.50. The van der Waals surface area contributed by atoms with Crippen LogP contribution in [-0.2, 0) is 5.75 Å². The van der Waals surface area contributed by atoms with Crippen LogP contribution in [0.25, 0.3) is 0 Å². The van der Waals surface area contributed by atoms with Crippen molar-refractivity contribution in [2.75, 3.05) is 0 Å². The van der Waals surface area contributed by atoms with Crippen LogP contribution >= 0.6 is 11.8 Å². The lowest BCUT2D eigenvalue weighted by Crippen LogP contribution is -2.30. The van der Waals surface area contributed by atoms with E-state index in [9.17, 15) is 4.79 Å². The van der Waals surface area contributed by atoms with E-state index in [0.29, 0.717) is 17.1 Å². The fourth-order valence-corrected chi connectivity index (χ4v) is 2.85. The summed E-state index contributed by atoms with van der Waals surface area (Å²) in [7, 11) is 0. The van der Waals surface area contributed by atoms with Crippen LogP contribution in [0.3, 0.4) is 0 Å². The fourth-order valence-electron chi connectivity index (χ4n) is 1.94. The average molecular weight is 291 g/mol. The molecule has 6 heteroatoms. The zero-order chi connectivity index (χ0) is 14.7. The summed E-state index contributed by atoms with van der Waals surface area (Å²) in [6.45, 7) is 5.76. The van der Waals surface area contributed by atoms with Gasteiger partial charge in [-0.05, 0) is 44.5 Å². The molecule has 2 aromatic rings. The molecule has 0 saturated carbocycles. The van der Waals surface area contributed by atoms with Gasteiger partial charge in [-0.15, -0.1) is 0 Å². The molecule has 20 heavy (non-hydrogen) atoms. The van der Waals surface area contributed by atoms with Gasteiger partial charge in [-0.25, -0.2) is 10.8 Å². The second-order valence-corrected chi connectivity index (χ2v) is 5.56. The highest BCUT2D eigenvalue weighted by Gasteiger charge is 2.14. The monoisotopic (exact) mass is 291 g/mol. The Kier molecular flexibility index (Phi) is 4.46. The van der Waals surface area contributed by atoms with E-state index in [1.807, 2.05) is 26.0 Å². The van der Waals surface area contributed by atoms with Crippen molar-refractivity contribution in [2.24, 2.45) is 5.84 Å². The topological polar surface area (TPSA) is 81.2 Å². The lowest BCUT2D eigenvalue weighted by Gasteiger charge is -2.02. The molecule has 0 radical (unpaired) electrons. The van der Waals surface area contributed by atoms with Crippen LogP contribution in [0.2, 0.25) is 0 Å². The van der Waals surface area contributed by atoms with Crippen molar-refractivity contribution in [3.8, 4) is 0 Å². The van der Waals surface area contributed by atoms with Gasteiger partial charge >= 0.3 is 0 Å². The van der Waals surface area contributed by atoms with Crippen LogP contribution in [0.5, 0.6) is 0 Å². The number of rotatable bonds is 4. The molecule has 2 rings (SSSR count). The number of aryl methyl sites for hydroxylation is 3. The summed E-state index contributed by atoms with van der Waals surface area (Å²) in [5.74, 6) is 6.70. The fraction of sp³-hybridized carbons (Fsp3) is 0.286. The number of thioether (sulfide) groups is 1. The molecule has 0 aliphatic carbocycles. The number of furan rings is 1. The molecule has 0 spiro atoms. The number of aromatic nitrogens is 1. The highest BCUT2D eigenvalue weighted by molar-refractivity contribution is 7.98. The minimum Gasteiger partial charge on any atom is -0.465 e.